The Morgan fingerprint density at radius 2 is 1.48 bits per heavy atom. The first-order valence-electron chi connectivity index (χ1n) is 10.5. The van der Waals surface area contributed by atoms with Crippen LogP contribution in [-0.2, 0) is 32.6 Å². The molecule has 0 heterocycles. The summed E-state index contributed by atoms with van der Waals surface area (Å²) >= 11 is 0. The maximum Gasteiger partial charge on any atom is 4.00 e. The minimum absolute atomic E-state index is 0. The Labute approximate surface area is 221 Å². The predicted octanol–water partition coefficient (Wildman–Crippen LogP) is 1.66. The van der Waals surface area contributed by atoms with Gasteiger partial charge in [0.25, 0.3) is 0 Å². The van der Waals surface area contributed by atoms with Crippen molar-refractivity contribution >= 4 is 0 Å². The Morgan fingerprint density at radius 1 is 0.903 bits per heavy atom. The molecule has 0 saturated heterocycles. The number of hydrogen-bond donors (Lipinski definition) is 0. The first-order chi connectivity index (χ1) is 13.1. The van der Waals surface area contributed by atoms with E-state index in [9.17, 15) is 0 Å². The average Bonchev–Trinajstić information content (AvgIpc) is 3.22. The SMILES string of the molecule is CCC1[C-]=CC(C(C)(C)C)=C1.Cc1[c-]c2c(cc1C)-c1cc(C)c(C)cc1C2.[Cl-].[Cl-].[Zr+4]. The topological polar surface area (TPSA) is 0 Å². The van der Waals surface area contributed by atoms with Crippen molar-refractivity contribution in [1.29, 1.82) is 0 Å². The van der Waals surface area contributed by atoms with Crippen molar-refractivity contribution in [2.75, 3.05) is 0 Å². The first-order valence-corrected chi connectivity index (χ1v) is 10.5. The van der Waals surface area contributed by atoms with E-state index in [1.54, 1.807) is 0 Å². The second kappa shape index (κ2) is 12.0. The van der Waals surface area contributed by atoms with Crippen molar-refractivity contribution in [3.05, 3.63) is 81.4 Å². The summed E-state index contributed by atoms with van der Waals surface area (Å²) in [5, 5.41) is 0. The molecule has 2 aliphatic carbocycles. The largest absolute Gasteiger partial charge is 4.00 e. The average molecular weight is 533 g/mol. The molecule has 0 nitrogen and oxygen atoms in total. The third-order valence-electron chi connectivity index (χ3n) is 6.13. The minimum Gasteiger partial charge on any atom is -1.00 e. The summed E-state index contributed by atoms with van der Waals surface area (Å²) in [6, 6.07) is 10.5. The van der Waals surface area contributed by atoms with Crippen LogP contribution in [0.4, 0.5) is 0 Å². The van der Waals surface area contributed by atoms with Gasteiger partial charge in [-0.3, -0.25) is 6.08 Å². The van der Waals surface area contributed by atoms with Crippen LogP contribution in [-0.4, -0.2) is 0 Å². The molecule has 3 heteroatoms. The molecule has 1 unspecified atom stereocenters. The second-order valence-corrected chi connectivity index (χ2v) is 9.44. The minimum atomic E-state index is 0. The molecular weight excluding hydrogens is 498 g/mol. The molecule has 0 fully saturated rings. The van der Waals surface area contributed by atoms with Gasteiger partial charge < -0.3 is 24.8 Å². The molecule has 0 saturated carbocycles. The van der Waals surface area contributed by atoms with Crippen LogP contribution in [0.3, 0.4) is 0 Å². The van der Waals surface area contributed by atoms with E-state index in [1.165, 1.54) is 56.5 Å². The van der Waals surface area contributed by atoms with Gasteiger partial charge in [0.1, 0.15) is 0 Å². The zero-order chi connectivity index (χ0) is 20.6. The molecule has 2 aromatic rings. The molecule has 0 N–H and O–H groups in total. The maximum absolute atomic E-state index is 3.54. The van der Waals surface area contributed by atoms with E-state index in [4.69, 9.17) is 0 Å². The van der Waals surface area contributed by atoms with Gasteiger partial charge in [-0.05, 0) is 37.0 Å². The molecule has 2 aliphatic rings. The van der Waals surface area contributed by atoms with Crippen LogP contribution in [0.25, 0.3) is 11.1 Å². The van der Waals surface area contributed by atoms with Crippen molar-refractivity contribution in [3.8, 4) is 11.1 Å². The number of hydrogen-bond acceptors (Lipinski definition) is 0. The molecule has 164 valence electrons. The monoisotopic (exact) mass is 530 g/mol. The van der Waals surface area contributed by atoms with Crippen LogP contribution in [0.5, 0.6) is 0 Å². The maximum atomic E-state index is 3.54. The smallest absolute Gasteiger partial charge is 1.00 e. The molecule has 0 radical (unpaired) electrons. The van der Waals surface area contributed by atoms with Gasteiger partial charge in [-0.1, -0.05) is 77.0 Å². The molecule has 0 spiro atoms. The van der Waals surface area contributed by atoms with Gasteiger partial charge in [-0.15, -0.1) is 11.1 Å². The molecule has 1 atom stereocenters. The summed E-state index contributed by atoms with van der Waals surface area (Å²) in [7, 11) is 0. The van der Waals surface area contributed by atoms with E-state index in [0.29, 0.717) is 11.3 Å². The van der Waals surface area contributed by atoms with Crippen molar-refractivity contribution in [2.45, 2.75) is 68.2 Å². The van der Waals surface area contributed by atoms with Crippen LogP contribution < -0.4 is 24.8 Å². The van der Waals surface area contributed by atoms with E-state index >= 15 is 0 Å². The molecule has 2 aromatic carbocycles. The summed E-state index contributed by atoms with van der Waals surface area (Å²) < 4.78 is 0. The van der Waals surface area contributed by atoms with Crippen molar-refractivity contribution in [2.24, 2.45) is 11.3 Å². The number of allylic oxidation sites excluding steroid dienone is 4. The normalized spacial score (nSPS) is 15.4. The van der Waals surface area contributed by atoms with E-state index in [1.807, 2.05) is 0 Å². The van der Waals surface area contributed by atoms with E-state index in [-0.39, 0.29) is 51.0 Å². The van der Waals surface area contributed by atoms with E-state index in [0.717, 1.165) is 6.42 Å². The van der Waals surface area contributed by atoms with Crippen molar-refractivity contribution in [3.63, 3.8) is 0 Å². The fraction of sp³-hybridized carbons (Fsp3) is 0.429. The van der Waals surface area contributed by atoms with Crippen LogP contribution in [0.15, 0.2) is 35.9 Å². The van der Waals surface area contributed by atoms with Gasteiger partial charge in [0.15, 0.2) is 0 Å². The Kier molecular flexibility index (Phi) is 11.8. The Balaban J connectivity index is 0.000000572. The predicted molar refractivity (Wildman–Crippen MR) is 122 cm³/mol. The number of rotatable bonds is 1. The second-order valence-electron chi connectivity index (χ2n) is 9.44. The summed E-state index contributed by atoms with van der Waals surface area (Å²) in [5.41, 5.74) is 12.8. The van der Waals surface area contributed by atoms with Crippen molar-refractivity contribution in [1.82, 2.24) is 0 Å². The van der Waals surface area contributed by atoms with Gasteiger partial charge in [0.2, 0.25) is 0 Å². The van der Waals surface area contributed by atoms with Gasteiger partial charge in [-0.25, -0.2) is 6.08 Å². The standard InChI is InChI=1S/C17H17.C11H17.2ClH.Zr/c1-10-5-14-9-15-6-11(2)13(4)8-17(15)16(14)7-12(10)3;1-5-9-6-7-10(8-9)11(2,3)4;;;/h5,7-8H,9H2,1-4H3;7-9H,5H2,1-4H3;2*1H;/q2*-1;;;+4/p-2. The number of benzene rings is 2. The number of halogens is 2. The van der Waals surface area contributed by atoms with Gasteiger partial charge >= 0.3 is 26.2 Å². The molecular formula is C28H34Cl2Zr. The van der Waals surface area contributed by atoms with Gasteiger partial charge in [0.05, 0.1) is 0 Å². The van der Waals surface area contributed by atoms with Crippen LogP contribution in [0.2, 0.25) is 0 Å². The zero-order valence-electron chi connectivity index (χ0n) is 20.1. The van der Waals surface area contributed by atoms with E-state index < -0.39 is 0 Å². The Hall–Kier alpha value is -0.617. The van der Waals surface area contributed by atoms with Gasteiger partial charge in [0, 0.05) is 0 Å². The summed E-state index contributed by atoms with van der Waals surface area (Å²) in [6.45, 7) is 17.6. The Morgan fingerprint density at radius 3 is 2.00 bits per heavy atom. The summed E-state index contributed by atoms with van der Waals surface area (Å²) in [6.07, 6.45) is 10.1. The number of aryl methyl sites for hydroxylation is 4. The fourth-order valence-electron chi connectivity index (χ4n) is 3.86. The van der Waals surface area contributed by atoms with Crippen LogP contribution in [0.1, 0.15) is 67.5 Å². The third-order valence-corrected chi connectivity index (χ3v) is 6.13. The summed E-state index contributed by atoms with van der Waals surface area (Å²) in [4.78, 5) is 0. The first kappa shape index (κ1) is 30.4. The zero-order valence-corrected chi connectivity index (χ0v) is 24.1. The van der Waals surface area contributed by atoms with Crippen LogP contribution >= 0.6 is 0 Å². The van der Waals surface area contributed by atoms with E-state index in [2.05, 4.69) is 97.9 Å². The molecule has 0 aliphatic heterocycles. The molecule has 0 amide bonds. The number of fused-ring (bicyclic) bond motifs is 3. The Bertz CT molecular complexity index is 906. The molecule has 0 aromatic heterocycles. The van der Waals surface area contributed by atoms with Crippen LogP contribution in [0, 0.1) is 51.2 Å². The molecule has 31 heavy (non-hydrogen) atoms. The third kappa shape index (κ3) is 6.93. The molecule has 4 rings (SSSR count). The fourth-order valence-corrected chi connectivity index (χ4v) is 3.86. The van der Waals surface area contributed by atoms with Gasteiger partial charge in [-0.2, -0.15) is 34.9 Å². The summed E-state index contributed by atoms with van der Waals surface area (Å²) in [5.74, 6) is 0.573. The molecule has 0 bridgehead atoms. The van der Waals surface area contributed by atoms with Crippen molar-refractivity contribution < 1.29 is 51.0 Å². The quantitative estimate of drug-likeness (QED) is 0.419.